The van der Waals surface area contributed by atoms with Crippen molar-refractivity contribution < 1.29 is 14.3 Å². The molecule has 2 amide bonds. The van der Waals surface area contributed by atoms with E-state index in [9.17, 15) is 9.59 Å². The average molecular weight is 328 g/mol. The van der Waals surface area contributed by atoms with Crippen LogP contribution in [0.25, 0.3) is 0 Å². The molecule has 2 bridgehead atoms. The normalized spacial score (nSPS) is 30.9. The number of ether oxygens (including phenoxy) is 1. The highest BCUT2D eigenvalue weighted by atomic mass is 16.6. The number of amides is 2. The number of likely N-dealkylation sites (tertiary alicyclic amines) is 1. The van der Waals surface area contributed by atoms with Gasteiger partial charge in [-0.2, -0.15) is 5.11 Å². The fourth-order valence-electron chi connectivity index (χ4n) is 3.82. The van der Waals surface area contributed by atoms with Gasteiger partial charge < -0.3 is 4.74 Å². The Balaban J connectivity index is 1.62. The summed E-state index contributed by atoms with van der Waals surface area (Å²) in [5, 5.41) is 10.4. The number of fused-ring (bicyclic) bond motifs is 5. The van der Waals surface area contributed by atoms with E-state index in [-0.39, 0.29) is 30.0 Å². The molecule has 0 spiro atoms. The third kappa shape index (κ3) is 2.18. The van der Waals surface area contributed by atoms with E-state index >= 15 is 0 Å². The summed E-state index contributed by atoms with van der Waals surface area (Å²) >= 11 is 0. The van der Waals surface area contributed by atoms with Crippen molar-refractivity contribution in [2.75, 3.05) is 5.01 Å². The number of rotatable bonds is 1. The zero-order valence-corrected chi connectivity index (χ0v) is 13.9. The Morgan fingerprint density at radius 3 is 2.62 bits per heavy atom. The van der Waals surface area contributed by atoms with Crippen LogP contribution in [0.4, 0.5) is 10.5 Å². The summed E-state index contributed by atoms with van der Waals surface area (Å²) in [6, 6.07) is 9.16. The Kier molecular flexibility index (Phi) is 3.16. The highest BCUT2D eigenvalue weighted by molar-refractivity contribution is 5.97. The molecule has 7 heteroatoms. The van der Waals surface area contributed by atoms with Crippen LogP contribution in [0.15, 0.2) is 40.7 Å². The molecule has 3 aliphatic rings. The third-order valence-corrected chi connectivity index (χ3v) is 4.71. The first-order valence-electron chi connectivity index (χ1n) is 8.18. The van der Waals surface area contributed by atoms with Crippen LogP contribution in [0.1, 0.15) is 27.2 Å². The third-order valence-electron chi connectivity index (χ3n) is 4.71. The molecule has 0 N–H and O–H groups in total. The van der Waals surface area contributed by atoms with Crippen LogP contribution in [-0.4, -0.2) is 40.6 Å². The number of imide groups is 1. The van der Waals surface area contributed by atoms with Crippen molar-refractivity contribution in [1.82, 2.24) is 4.90 Å². The molecule has 0 radical (unpaired) electrons. The van der Waals surface area contributed by atoms with Gasteiger partial charge in [-0.1, -0.05) is 23.4 Å². The van der Waals surface area contributed by atoms with Crippen LogP contribution in [0, 0.1) is 5.92 Å². The second-order valence-electron chi connectivity index (χ2n) is 7.46. The van der Waals surface area contributed by atoms with Crippen molar-refractivity contribution in [3.63, 3.8) is 0 Å². The number of hydrogen-bond donors (Lipinski definition) is 0. The number of para-hydroxylation sites is 1. The Labute approximate surface area is 140 Å². The largest absolute Gasteiger partial charge is 0.443 e. The maximum Gasteiger partial charge on any atom is 0.417 e. The van der Waals surface area contributed by atoms with Gasteiger partial charge in [-0.15, -0.1) is 0 Å². The number of piperidine rings is 1. The van der Waals surface area contributed by atoms with Crippen LogP contribution >= 0.6 is 0 Å². The van der Waals surface area contributed by atoms with E-state index in [2.05, 4.69) is 10.3 Å². The molecular formula is C17H20N4O3. The van der Waals surface area contributed by atoms with Crippen LogP contribution < -0.4 is 5.01 Å². The van der Waals surface area contributed by atoms with Crippen molar-refractivity contribution in [3.8, 4) is 0 Å². The molecule has 7 nitrogen and oxygen atoms in total. The van der Waals surface area contributed by atoms with Crippen LogP contribution in [0.3, 0.4) is 0 Å². The van der Waals surface area contributed by atoms with Gasteiger partial charge in [-0.05, 0) is 39.3 Å². The maximum atomic E-state index is 12.6. The van der Waals surface area contributed by atoms with E-state index in [1.165, 1.54) is 4.90 Å². The minimum atomic E-state index is -0.637. The van der Waals surface area contributed by atoms with Gasteiger partial charge in [-0.25, -0.2) is 14.7 Å². The molecule has 1 saturated carbocycles. The molecule has 1 aromatic rings. The first-order valence-corrected chi connectivity index (χ1v) is 8.18. The lowest BCUT2D eigenvalue weighted by Gasteiger charge is -2.36. The standard InChI is InChI=1S/C17H20N4O3/c1-17(2,3)24-16(23)20-12-9-11(15(20)22)13-14(12)21(19-18-13)10-7-5-4-6-8-10/h4-8,11-14H,9H2,1-3H3. The van der Waals surface area contributed by atoms with Crippen LogP contribution in [-0.2, 0) is 9.53 Å². The van der Waals surface area contributed by atoms with Gasteiger partial charge >= 0.3 is 6.09 Å². The molecule has 0 aromatic heterocycles. The Morgan fingerprint density at radius 1 is 1.25 bits per heavy atom. The molecule has 1 aliphatic carbocycles. The molecule has 4 rings (SSSR count). The molecule has 2 aliphatic heterocycles. The zero-order valence-electron chi connectivity index (χ0n) is 13.9. The predicted molar refractivity (Wildman–Crippen MR) is 86.3 cm³/mol. The summed E-state index contributed by atoms with van der Waals surface area (Å²) in [4.78, 5) is 26.4. The number of hydrogen-bond acceptors (Lipinski definition) is 6. The van der Waals surface area contributed by atoms with Gasteiger partial charge in [0.15, 0.2) is 0 Å². The second kappa shape index (κ2) is 5.03. The minimum absolute atomic E-state index is 0.109. The summed E-state index contributed by atoms with van der Waals surface area (Å²) in [6.45, 7) is 5.38. The van der Waals surface area contributed by atoms with Gasteiger partial charge in [-0.3, -0.25) is 4.79 Å². The Bertz CT molecular complexity index is 712. The summed E-state index contributed by atoms with van der Waals surface area (Å²) in [7, 11) is 0. The second-order valence-corrected chi connectivity index (χ2v) is 7.46. The van der Waals surface area contributed by atoms with Crippen molar-refractivity contribution in [2.24, 2.45) is 16.3 Å². The quantitative estimate of drug-likeness (QED) is 0.794. The highest BCUT2D eigenvalue weighted by Gasteiger charge is 2.63. The fraction of sp³-hybridized carbons (Fsp3) is 0.529. The minimum Gasteiger partial charge on any atom is -0.443 e. The average Bonchev–Trinajstić information content (AvgIpc) is 3.15. The van der Waals surface area contributed by atoms with Gasteiger partial charge in [0.25, 0.3) is 0 Å². The smallest absolute Gasteiger partial charge is 0.417 e. The van der Waals surface area contributed by atoms with Crippen molar-refractivity contribution in [2.45, 2.75) is 50.9 Å². The van der Waals surface area contributed by atoms with E-state index < -0.39 is 11.7 Å². The molecule has 1 saturated heterocycles. The summed E-state index contributed by atoms with van der Waals surface area (Å²) in [6.07, 6.45) is 0.0498. The number of nitrogens with zero attached hydrogens (tertiary/aromatic N) is 4. The van der Waals surface area contributed by atoms with Gasteiger partial charge in [0.1, 0.15) is 17.7 Å². The Morgan fingerprint density at radius 2 is 1.96 bits per heavy atom. The first-order chi connectivity index (χ1) is 11.4. The summed E-state index contributed by atoms with van der Waals surface area (Å²) < 4.78 is 5.42. The van der Waals surface area contributed by atoms with E-state index in [4.69, 9.17) is 4.74 Å². The predicted octanol–water partition coefficient (Wildman–Crippen LogP) is 2.78. The zero-order chi connectivity index (χ0) is 17.1. The van der Waals surface area contributed by atoms with E-state index in [1.54, 1.807) is 20.8 Å². The van der Waals surface area contributed by atoms with Gasteiger partial charge in [0.2, 0.25) is 5.91 Å². The number of anilines is 1. The number of benzene rings is 1. The molecule has 2 fully saturated rings. The van der Waals surface area contributed by atoms with E-state index in [0.717, 1.165) is 5.69 Å². The topological polar surface area (TPSA) is 74.6 Å². The summed E-state index contributed by atoms with van der Waals surface area (Å²) in [5.41, 5.74) is 0.278. The van der Waals surface area contributed by atoms with Gasteiger partial charge in [0.05, 0.1) is 17.6 Å². The maximum absolute atomic E-state index is 12.6. The van der Waals surface area contributed by atoms with E-state index in [0.29, 0.717) is 6.42 Å². The summed E-state index contributed by atoms with van der Waals surface area (Å²) in [5.74, 6) is -0.477. The van der Waals surface area contributed by atoms with Gasteiger partial charge in [0, 0.05) is 0 Å². The lowest BCUT2D eigenvalue weighted by molar-refractivity contribution is -0.133. The first kappa shape index (κ1) is 15.1. The van der Waals surface area contributed by atoms with Crippen molar-refractivity contribution in [1.29, 1.82) is 0 Å². The molecule has 4 atom stereocenters. The number of carbonyl (C=O) groups is 2. The monoisotopic (exact) mass is 328 g/mol. The lowest BCUT2D eigenvalue weighted by atomic mass is 9.98. The number of carbonyl (C=O) groups excluding carboxylic acids is 2. The van der Waals surface area contributed by atoms with Crippen LogP contribution in [0.5, 0.6) is 0 Å². The lowest BCUT2D eigenvalue weighted by Crippen LogP contribution is -2.57. The molecular weight excluding hydrogens is 308 g/mol. The molecule has 2 heterocycles. The fourth-order valence-corrected chi connectivity index (χ4v) is 3.82. The molecule has 1 aromatic carbocycles. The Hall–Kier alpha value is -2.44. The van der Waals surface area contributed by atoms with Crippen molar-refractivity contribution >= 4 is 17.7 Å². The molecule has 126 valence electrons. The van der Waals surface area contributed by atoms with Crippen molar-refractivity contribution in [3.05, 3.63) is 30.3 Å². The molecule has 24 heavy (non-hydrogen) atoms. The van der Waals surface area contributed by atoms with Crippen LogP contribution in [0.2, 0.25) is 0 Å². The van der Waals surface area contributed by atoms with E-state index in [1.807, 2.05) is 35.3 Å². The highest BCUT2D eigenvalue weighted by Crippen LogP contribution is 2.47. The molecule has 4 unspecified atom stereocenters. The SMILES string of the molecule is CC(C)(C)OC(=O)N1C(=O)C2CC1C1C2N=NN1c1ccccc1.